The van der Waals surface area contributed by atoms with Crippen LogP contribution < -0.4 is 9.80 Å². The Morgan fingerprint density at radius 3 is 2.64 bits per heavy atom. The van der Waals surface area contributed by atoms with Crippen molar-refractivity contribution >= 4 is 23.2 Å². The Morgan fingerprint density at radius 2 is 1.83 bits per heavy atom. The Morgan fingerprint density at radius 1 is 1.00 bits per heavy atom. The number of halogens is 1. The number of aromatic nitrogens is 1. The van der Waals surface area contributed by atoms with Crippen molar-refractivity contribution in [1.29, 1.82) is 0 Å². The maximum absolute atomic E-state index is 14.4. The van der Waals surface area contributed by atoms with E-state index in [1.165, 1.54) is 23.5 Å². The molecule has 0 radical (unpaired) electrons. The van der Waals surface area contributed by atoms with E-state index in [1.807, 2.05) is 46.2 Å². The van der Waals surface area contributed by atoms with Crippen LogP contribution in [0.2, 0.25) is 0 Å². The maximum atomic E-state index is 14.4. The minimum atomic E-state index is -0.819. The second kappa shape index (κ2) is 9.47. The second-order valence-electron chi connectivity index (χ2n) is 9.96. The first-order valence-corrected chi connectivity index (χ1v) is 12.7. The minimum Gasteiger partial charge on any atom is -0.307 e. The van der Waals surface area contributed by atoms with Gasteiger partial charge < -0.3 is 4.90 Å². The van der Waals surface area contributed by atoms with Crippen molar-refractivity contribution in [3.05, 3.63) is 89.5 Å². The first-order chi connectivity index (χ1) is 17.6. The number of para-hydroxylation sites is 1. The molecule has 0 spiro atoms. The van der Waals surface area contributed by atoms with Gasteiger partial charge in [0, 0.05) is 42.3 Å². The first kappa shape index (κ1) is 22.9. The minimum absolute atomic E-state index is 0.105. The van der Waals surface area contributed by atoms with Crippen molar-refractivity contribution in [3.8, 4) is 0 Å². The molecule has 0 bridgehead atoms. The fraction of sp³-hybridized carbons (Fsp3) is 0.345. The molecule has 2 aromatic carbocycles. The highest BCUT2D eigenvalue weighted by atomic mass is 19.1. The molecule has 3 aromatic rings. The van der Waals surface area contributed by atoms with Gasteiger partial charge in [0.05, 0.1) is 12.2 Å². The van der Waals surface area contributed by atoms with Crippen molar-refractivity contribution in [2.24, 2.45) is 0 Å². The largest absolute Gasteiger partial charge is 0.307 e. The predicted molar refractivity (Wildman–Crippen MR) is 136 cm³/mol. The topological polar surface area (TPSA) is 56.8 Å². The van der Waals surface area contributed by atoms with Crippen LogP contribution in [0, 0.1) is 5.82 Å². The van der Waals surface area contributed by atoms with Gasteiger partial charge in [0.2, 0.25) is 5.91 Å². The van der Waals surface area contributed by atoms with Crippen LogP contribution in [-0.2, 0) is 22.7 Å². The standard InChI is InChI=1S/C29H29FN4O2/c30-21-9-6-12-23(16-21)34(27(35)19-32-17-20-8-7-15-31-25(20)18-32)28-24-13-4-5-14-26(24)33(29(28)36)22-10-2-1-3-11-22/h4-9,12-16,22,28H,1-3,10-11,17-19H2. The number of nitrogens with zero attached hydrogens (tertiary/aromatic N) is 4. The summed E-state index contributed by atoms with van der Waals surface area (Å²) < 4.78 is 14.4. The van der Waals surface area contributed by atoms with Gasteiger partial charge in [-0.1, -0.05) is 49.6 Å². The van der Waals surface area contributed by atoms with Gasteiger partial charge in [0.1, 0.15) is 11.9 Å². The first-order valence-electron chi connectivity index (χ1n) is 12.7. The summed E-state index contributed by atoms with van der Waals surface area (Å²) in [4.78, 5) is 37.9. The molecule has 1 saturated carbocycles. The Hall–Kier alpha value is -3.58. The summed E-state index contributed by atoms with van der Waals surface area (Å²) >= 11 is 0. The maximum Gasteiger partial charge on any atom is 0.255 e. The lowest BCUT2D eigenvalue weighted by Crippen LogP contribution is -2.47. The number of hydrogen-bond acceptors (Lipinski definition) is 4. The predicted octanol–water partition coefficient (Wildman–Crippen LogP) is 4.99. The second-order valence-corrected chi connectivity index (χ2v) is 9.96. The number of rotatable bonds is 5. The highest BCUT2D eigenvalue weighted by Crippen LogP contribution is 2.44. The van der Waals surface area contributed by atoms with Crippen molar-refractivity contribution in [3.63, 3.8) is 0 Å². The van der Waals surface area contributed by atoms with Crippen LogP contribution in [0.25, 0.3) is 0 Å². The number of carbonyl (C=O) groups is 2. The fourth-order valence-electron chi connectivity index (χ4n) is 6.00. The van der Waals surface area contributed by atoms with Crippen LogP contribution in [0.15, 0.2) is 66.9 Å². The molecule has 3 aliphatic rings. The van der Waals surface area contributed by atoms with Gasteiger partial charge in [-0.15, -0.1) is 0 Å². The Labute approximate surface area is 210 Å². The summed E-state index contributed by atoms with van der Waals surface area (Å²) in [5.41, 5.74) is 4.14. The SMILES string of the molecule is O=C1C(N(C(=O)CN2Cc3cccnc3C2)c2cccc(F)c2)c2ccccc2N1C1CCCCC1. The summed E-state index contributed by atoms with van der Waals surface area (Å²) in [6.45, 7) is 1.31. The molecule has 184 valence electrons. The molecule has 1 aromatic heterocycles. The number of amides is 2. The molecule has 6 nitrogen and oxygen atoms in total. The number of anilines is 2. The number of pyridine rings is 1. The summed E-state index contributed by atoms with van der Waals surface area (Å²) in [6, 6.07) is 17.0. The lowest BCUT2D eigenvalue weighted by atomic mass is 9.94. The number of carbonyl (C=O) groups excluding carboxylic acids is 2. The monoisotopic (exact) mass is 484 g/mol. The van der Waals surface area contributed by atoms with Gasteiger partial charge in [-0.2, -0.15) is 0 Å². The molecule has 7 heteroatoms. The van der Waals surface area contributed by atoms with Gasteiger partial charge in [-0.3, -0.25) is 24.4 Å². The van der Waals surface area contributed by atoms with E-state index in [2.05, 4.69) is 4.98 Å². The highest BCUT2D eigenvalue weighted by Gasteiger charge is 2.46. The molecule has 1 unspecified atom stereocenters. The van der Waals surface area contributed by atoms with Gasteiger partial charge in [0.15, 0.2) is 0 Å². The van der Waals surface area contributed by atoms with Crippen LogP contribution in [0.4, 0.5) is 15.8 Å². The molecule has 2 amide bonds. The van der Waals surface area contributed by atoms with E-state index in [0.29, 0.717) is 18.8 Å². The normalized spacial score (nSPS) is 19.9. The molecule has 3 heterocycles. The molecule has 1 atom stereocenters. The third-order valence-electron chi connectivity index (χ3n) is 7.63. The molecule has 2 aliphatic heterocycles. The van der Waals surface area contributed by atoms with E-state index in [-0.39, 0.29) is 24.4 Å². The van der Waals surface area contributed by atoms with Gasteiger partial charge >= 0.3 is 0 Å². The van der Waals surface area contributed by atoms with Crippen LogP contribution >= 0.6 is 0 Å². The Bertz CT molecular complexity index is 1280. The third kappa shape index (κ3) is 4.07. The summed E-state index contributed by atoms with van der Waals surface area (Å²) in [6.07, 6.45) is 7.05. The molecule has 1 fully saturated rings. The molecule has 0 saturated heterocycles. The Kier molecular flexibility index (Phi) is 6.01. The van der Waals surface area contributed by atoms with Crippen LogP contribution in [0.5, 0.6) is 0 Å². The van der Waals surface area contributed by atoms with Gasteiger partial charge in [0.25, 0.3) is 5.91 Å². The van der Waals surface area contributed by atoms with Crippen LogP contribution in [0.3, 0.4) is 0 Å². The molecular weight excluding hydrogens is 455 g/mol. The van der Waals surface area contributed by atoms with Crippen molar-refractivity contribution in [1.82, 2.24) is 9.88 Å². The Balaban J connectivity index is 1.36. The van der Waals surface area contributed by atoms with Gasteiger partial charge in [-0.25, -0.2) is 4.39 Å². The van der Waals surface area contributed by atoms with E-state index in [4.69, 9.17) is 0 Å². The lowest BCUT2D eigenvalue weighted by Gasteiger charge is -2.34. The zero-order valence-corrected chi connectivity index (χ0v) is 20.1. The van der Waals surface area contributed by atoms with E-state index < -0.39 is 11.9 Å². The molecular formula is C29H29FN4O2. The molecule has 1 aliphatic carbocycles. The fourth-order valence-corrected chi connectivity index (χ4v) is 6.00. The summed E-state index contributed by atoms with van der Waals surface area (Å²) in [5, 5.41) is 0. The van der Waals surface area contributed by atoms with Crippen molar-refractivity contribution in [2.75, 3.05) is 16.3 Å². The highest BCUT2D eigenvalue weighted by molar-refractivity contribution is 6.12. The van der Waals surface area contributed by atoms with E-state index in [0.717, 1.165) is 48.2 Å². The quantitative estimate of drug-likeness (QED) is 0.512. The average Bonchev–Trinajstić information content (AvgIpc) is 3.43. The zero-order valence-electron chi connectivity index (χ0n) is 20.1. The number of fused-ring (bicyclic) bond motifs is 2. The van der Waals surface area contributed by atoms with E-state index in [9.17, 15) is 14.0 Å². The smallest absolute Gasteiger partial charge is 0.255 e. The number of benzene rings is 2. The summed E-state index contributed by atoms with van der Waals surface area (Å²) in [7, 11) is 0. The molecule has 6 rings (SSSR count). The molecule has 36 heavy (non-hydrogen) atoms. The van der Waals surface area contributed by atoms with Crippen molar-refractivity contribution < 1.29 is 14.0 Å². The van der Waals surface area contributed by atoms with Crippen molar-refractivity contribution in [2.45, 2.75) is 57.3 Å². The van der Waals surface area contributed by atoms with E-state index in [1.54, 1.807) is 18.3 Å². The molecule has 0 N–H and O–H groups in total. The third-order valence-corrected chi connectivity index (χ3v) is 7.63. The number of hydrogen-bond donors (Lipinski definition) is 0. The van der Waals surface area contributed by atoms with Crippen LogP contribution in [-0.4, -0.2) is 34.3 Å². The average molecular weight is 485 g/mol. The zero-order chi connectivity index (χ0) is 24.6. The lowest BCUT2D eigenvalue weighted by molar-refractivity contribution is -0.125. The van der Waals surface area contributed by atoms with Gasteiger partial charge in [-0.05, 0) is 48.7 Å². The van der Waals surface area contributed by atoms with E-state index >= 15 is 0 Å². The summed E-state index contributed by atoms with van der Waals surface area (Å²) in [5.74, 6) is -0.773. The van der Waals surface area contributed by atoms with Crippen LogP contribution in [0.1, 0.15) is 55.0 Å².